The topological polar surface area (TPSA) is 126 Å². The van der Waals surface area contributed by atoms with Crippen molar-refractivity contribution >= 4 is 49.4 Å². The van der Waals surface area contributed by atoms with Crippen molar-refractivity contribution < 1.29 is 29.3 Å². The molecule has 0 atom stereocenters. The van der Waals surface area contributed by atoms with Crippen molar-refractivity contribution in [2.45, 2.75) is 79.1 Å². The molecule has 0 aliphatic rings. The normalized spacial score (nSPS) is 13.4. The lowest BCUT2D eigenvalue weighted by atomic mass is 10.0. The fourth-order valence-electron chi connectivity index (χ4n) is 4.82. The molecule has 0 saturated carbocycles. The number of aromatic hydroxyl groups is 2. The summed E-state index contributed by atoms with van der Waals surface area (Å²) in [5.74, 6) is -0.904. The number of alkyl halides is 1. The van der Waals surface area contributed by atoms with Crippen LogP contribution in [0.5, 0.6) is 11.8 Å². The third-order valence-electron chi connectivity index (χ3n) is 6.46. The average molecular weight is 662 g/mol. The van der Waals surface area contributed by atoms with E-state index in [2.05, 4.69) is 22.9 Å². The van der Waals surface area contributed by atoms with Crippen molar-refractivity contribution in [3.8, 4) is 11.8 Å². The number of aromatic nitrogens is 1. The fraction of sp³-hybridized carbons (Fsp3) is 0.562. The van der Waals surface area contributed by atoms with Crippen LogP contribution in [0.2, 0.25) is 0 Å². The quantitative estimate of drug-likeness (QED) is 0.214. The van der Waals surface area contributed by atoms with Crippen molar-refractivity contribution in [1.82, 2.24) is 9.47 Å². The average Bonchev–Trinajstić information content (AvgIpc) is 2.88. The maximum absolute atomic E-state index is 12.6. The van der Waals surface area contributed by atoms with Gasteiger partial charge in [-0.15, -0.1) is 0 Å². The van der Waals surface area contributed by atoms with Crippen LogP contribution < -0.4 is 10.7 Å². The first-order chi connectivity index (χ1) is 20.1. The lowest BCUT2D eigenvalue weighted by molar-refractivity contribution is -0.159. The Morgan fingerprint density at radius 2 is 1.33 bits per heavy atom. The zero-order chi connectivity index (χ0) is 31.9. The van der Waals surface area contributed by atoms with E-state index < -0.39 is 23.1 Å². The predicted molar refractivity (Wildman–Crippen MR) is 172 cm³/mol. The minimum absolute atomic E-state index is 0.00598. The molecule has 3 aromatic rings. The van der Waals surface area contributed by atoms with Crippen LogP contribution >= 0.6 is 15.9 Å². The van der Waals surface area contributed by atoms with E-state index in [0.29, 0.717) is 45.3 Å². The first-order valence-corrected chi connectivity index (χ1v) is 15.8. The highest BCUT2D eigenvalue weighted by atomic mass is 79.9. The Bertz CT molecular complexity index is 1510. The van der Waals surface area contributed by atoms with Gasteiger partial charge in [0.15, 0.2) is 0 Å². The molecule has 0 unspecified atom stereocenters. The van der Waals surface area contributed by atoms with Crippen LogP contribution in [0, 0.1) is 0 Å². The van der Waals surface area contributed by atoms with Crippen LogP contribution in [0.15, 0.2) is 34.3 Å². The van der Waals surface area contributed by atoms with Gasteiger partial charge in [-0.25, -0.2) is 0 Å². The number of hydrogen-bond acceptors (Lipinski definition) is 9. The third-order valence-corrected chi connectivity index (χ3v) is 6.81. The molecule has 2 aromatic carbocycles. The summed E-state index contributed by atoms with van der Waals surface area (Å²) in [5, 5.41) is 26.9. The summed E-state index contributed by atoms with van der Waals surface area (Å²) < 4.78 is 12.5. The van der Waals surface area contributed by atoms with Gasteiger partial charge < -0.3 is 19.7 Å². The number of esters is 2. The molecule has 236 valence electrons. The van der Waals surface area contributed by atoms with E-state index >= 15 is 0 Å². The van der Waals surface area contributed by atoms with Crippen molar-refractivity contribution in [2.24, 2.45) is 9.98 Å². The number of benzene rings is 2. The Morgan fingerprint density at radius 3 is 1.77 bits per heavy atom. The van der Waals surface area contributed by atoms with Crippen LogP contribution in [0.4, 0.5) is 0 Å². The van der Waals surface area contributed by atoms with Crippen LogP contribution in [-0.4, -0.2) is 80.9 Å². The molecule has 0 saturated heterocycles. The molecule has 0 bridgehead atoms. The smallest absolute Gasteiger partial charge is 0.320 e. The van der Waals surface area contributed by atoms with Crippen molar-refractivity contribution in [2.75, 3.05) is 38.1 Å². The van der Waals surface area contributed by atoms with Crippen LogP contribution in [0.1, 0.15) is 61.3 Å². The summed E-state index contributed by atoms with van der Waals surface area (Å²) in [4.78, 5) is 36.5. The first kappa shape index (κ1) is 34.3. The van der Waals surface area contributed by atoms with Gasteiger partial charge >= 0.3 is 11.9 Å². The Kier molecular flexibility index (Phi) is 11.6. The predicted octanol–water partition coefficient (Wildman–Crippen LogP) is 4.63. The van der Waals surface area contributed by atoms with Crippen molar-refractivity contribution in [3.63, 3.8) is 0 Å². The highest BCUT2D eigenvalue weighted by Gasteiger charge is 2.23. The summed E-state index contributed by atoms with van der Waals surface area (Å²) in [6.07, 6.45) is 1.72. The second-order valence-electron chi connectivity index (χ2n) is 12.5. The maximum Gasteiger partial charge on any atom is 0.320 e. The van der Waals surface area contributed by atoms with Crippen LogP contribution in [0.3, 0.4) is 0 Å². The second-order valence-corrected chi connectivity index (χ2v) is 13.3. The molecule has 43 heavy (non-hydrogen) atoms. The molecule has 0 aliphatic carbocycles. The van der Waals surface area contributed by atoms with Gasteiger partial charge in [-0.1, -0.05) is 29.3 Å². The van der Waals surface area contributed by atoms with E-state index in [9.17, 15) is 19.8 Å². The minimum atomic E-state index is -0.658. The van der Waals surface area contributed by atoms with Crippen LogP contribution in [0.25, 0.3) is 21.5 Å². The molecule has 2 N–H and O–H groups in total. The number of nitrogens with zero attached hydrogens (tertiary/aromatic N) is 4. The van der Waals surface area contributed by atoms with E-state index in [4.69, 9.17) is 19.5 Å². The van der Waals surface area contributed by atoms with Gasteiger partial charge in [0.2, 0.25) is 11.8 Å². The summed E-state index contributed by atoms with van der Waals surface area (Å²) in [6, 6.07) is 7.32. The zero-order valence-electron chi connectivity index (χ0n) is 26.4. The molecule has 0 spiro atoms. The van der Waals surface area contributed by atoms with Gasteiger partial charge in [-0.3, -0.25) is 29.0 Å². The monoisotopic (exact) mass is 660 g/mol. The van der Waals surface area contributed by atoms with Gasteiger partial charge in [0.1, 0.15) is 11.2 Å². The van der Waals surface area contributed by atoms with Gasteiger partial charge in [-0.05, 0) is 72.2 Å². The SMILES string of the molecule is CCCCn1c(O)c2ccc(=NCCBr)c3c(=NCCN(CC(=O)OC(C)(C)C)CC(=O)OC(C)(C)C)ccc(c1O)c23. The number of carbonyl (C=O) groups is 2. The number of carbonyl (C=O) groups excluding carboxylic acids is 2. The highest BCUT2D eigenvalue weighted by molar-refractivity contribution is 9.09. The molecule has 0 aliphatic heterocycles. The van der Waals surface area contributed by atoms with E-state index in [-0.39, 0.29) is 37.9 Å². The molecular formula is C32H45BrN4O6. The summed E-state index contributed by atoms with van der Waals surface area (Å²) in [7, 11) is 0. The number of unbranched alkanes of at least 4 members (excludes halogenated alkanes) is 1. The third kappa shape index (κ3) is 9.40. The van der Waals surface area contributed by atoms with Gasteiger partial charge in [0.25, 0.3) is 0 Å². The number of ether oxygens (including phenoxy) is 2. The molecule has 10 nitrogen and oxygen atoms in total. The Hall–Kier alpha value is -3.18. The molecule has 1 heterocycles. The fourth-order valence-corrected chi connectivity index (χ4v) is 4.99. The zero-order valence-corrected chi connectivity index (χ0v) is 28.0. The van der Waals surface area contributed by atoms with Crippen molar-refractivity contribution in [3.05, 3.63) is 35.0 Å². The van der Waals surface area contributed by atoms with Crippen molar-refractivity contribution in [1.29, 1.82) is 0 Å². The van der Waals surface area contributed by atoms with E-state index in [0.717, 1.165) is 18.2 Å². The van der Waals surface area contributed by atoms with E-state index in [1.807, 2.05) is 18.2 Å². The van der Waals surface area contributed by atoms with Gasteiger partial charge in [-0.2, -0.15) is 0 Å². The van der Waals surface area contributed by atoms with Gasteiger partial charge in [0.05, 0.1) is 30.3 Å². The van der Waals surface area contributed by atoms with E-state index in [1.165, 1.54) is 4.57 Å². The number of halogens is 1. The van der Waals surface area contributed by atoms with Gasteiger partial charge in [0, 0.05) is 46.5 Å². The highest BCUT2D eigenvalue weighted by Crippen LogP contribution is 2.37. The number of hydrogen-bond donors (Lipinski definition) is 2. The number of pyridine rings is 1. The molecule has 11 heteroatoms. The Labute approximate surface area is 261 Å². The number of rotatable bonds is 12. The molecule has 3 rings (SSSR count). The molecule has 0 fully saturated rings. The summed E-state index contributed by atoms with van der Waals surface area (Å²) in [5.41, 5.74) is -1.32. The molecule has 0 amide bonds. The molecule has 0 radical (unpaired) electrons. The summed E-state index contributed by atoms with van der Waals surface area (Å²) >= 11 is 3.43. The lowest BCUT2D eigenvalue weighted by Crippen LogP contribution is -2.41. The minimum Gasteiger partial charge on any atom is -0.494 e. The Morgan fingerprint density at radius 1 is 0.837 bits per heavy atom. The molecular weight excluding hydrogens is 616 g/mol. The second kappa shape index (κ2) is 14.5. The maximum atomic E-state index is 12.6. The molecule has 1 aromatic heterocycles. The first-order valence-electron chi connectivity index (χ1n) is 14.7. The van der Waals surface area contributed by atoms with Crippen LogP contribution in [-0.2, 0) is 25.6 Å². The summed E-state index contributed by atoms with van der Waals surface area (Å²) in [6.45, 7) is 14.2. The van der Waals surface area contributed by atoms with E-state index in [1.54, 1.807) is 52.5 Å². The largest absolute Gasteiger partial charge is 0.494 e. The lowest BCUT2D eigenvalue weighted by Gasteiger charge is -2.26. The Balaban J connectivity index is 2.06. The standard InChI is InChI=1S/C32H45BrN4O6/c1-8-9-17-37-29(40)21-10-12-23(34-15-14-33)28-24(13-11-22(27(21)28)30(37)41)35-16-18-36(19-25(38)42-31(2,3)4)20-26(39)43-32(5,6)7/h10-13,40-41H,8-9,14-20H2,1-7H3.